The van der Waals surface area contributed by atoms with Crippen LogP contribution in [-0.2, 0) is 14.6 Å². The Balaban J connectivity index is 2.87. The van der Waals surface area contributed by atoms with E-state index in [1.807, 2.05) is 0 Å². The fourth-order valence-electron chi connectivity index (χ4n) is 0.969. The lowest BCUT2D eigenvalue weighted by molar-refractivity contribution is -0.107. The van der Waals surface area contributed by atoms with Crippen LogP contribution in [0.5, 0.6) is 0 Å². The summed E-state index contributed by atoms with van der Waals surface area (Å²) in [6.45, 7) is 0. The Labute approximate surface area is 54.0 Å². The van der Waals surface area contributed by atoms with E-state index in [-0.39, 0.29) is 5.75 Å². The van der Waals surface area contributed by atoms with Crippen LogP contribution < -0.4 is 0 Å². The molecule has 0 aromatic heterocycles. The van der Waals surface area contributed by atoms with Gasteiger partial charge in [0, 0.05) is 0 Å². The number of carbonyl (C=O) groups excluding carboxylic acids is 1. The number of carbonyl (C=O) groups is 1. The predicted octanol–water partition coefficient (Wildman–Crippen LogP) is -0.237. The highest BCUT2D eigenvalue weighted by atomic mass is 32.2. The zero-order valence-electron chi connectivity index (χ0n) is 4.91. The molecule has 1 unspecified atom stereocenters. The third-order valence-electron chi connectivity index (χ3n) is 1.53. The van der Waals surface area contributed by atoms with Gasteiger partial charge in [0.25, 0.3) is 0 Å². The summed E-state index contributed by atoms with van der Waals surface area (Å²) in [5, 5.41) is -0.697. The van der Waals surface area contributed by atoms with Crippen molar-refractivity contribution in [1.82, 2.24) is 0 Å². The number of hydrogen-bond acceptors (Lipinski definition) is 3. The molecular formula is C5H8O3S. The molecule has 1 aliphatic rings. The first-order valence-corrected chi connectivity index (χ1v) is 4.55. The SMILES string of the molecule is O=CC1CCCS1(=O)=O. The summed E-state index contributed by atoms with van der Waals surface area (Å²) in [5.74, 6) is 0.191. The van der Waals surface area contributed by atoms with Gasteiger partial charge in [-0.25, -0.2) is 8.42 Å². The molecule has 9 heavy (non-hydrogen) atoms. The predicted molar refractivity (Wildman–Crippen MR) is 32.9 cm³/mol. The van der Waals surface area contributed by atoms with Gasteiger partial charge >= 0.3 is 0 Å². The second-order valence-corrected chi connectivity index (χ2v) is 4.52. The molecule has 0 spiro atoms. The molecule has 0 amide bonds. The van der Waals surface area contributed by atoms with Crippen LogP contribution in [0.2, 0.25) is 0 Å². The second kappa shape index (κ2) is 2.10. The lowest BCUT2D eigenvalue weighted by atomic mass is 10.3. The van der Waals surface area contributed by atoms with Gasteiger partial charge in [-0.1, -0.05) is 0 Å². The summed E-state index contributed by atoms with van der Waals surface area (Å²) in [4.78, 5) is 10.0. The second-order valence-electron chi connectivity index (χ2n) is 2.18. The molecule has 0 aliphatic carbocycles. The summed E-state index contributed by atoms with van der Waals surface area (Å²) in [5.41, 5.74) is 0. The van der Waals surface area contributed by atoms with E-state index in [0.29, 0.717) is 19.1 Å². The van der Waals surface area contributed by atoms with Crippen LogP contribution in [0.4, 0.5) is 0 Å². The van der Waals surface area contributed by atoms with Crippen molar-refractivity contribution >= 4 is 16.1 Å². The minimum Gasteiger partial charge on any atom is -0.302 e. The van der Waals surface area contributed by atoms with Gasteiger partial charge in [-0.2, -0.15) is 0 Å². The third kappa shape index (κ3) is 1.13. The summed E-state index contributed by atoms with van der Waals surface area (Å²) < 4.78 is 21.5. The Morgan fingerprint density at radius 2 is 2.11 bits per heavy atom. The van der Waals surface area contributed by atoms with Crippen molar-refractivity contribution in [2.45, 2.75) is 18.1 Å². The molecule has 0 bridgehead atoms. The smallest absolute Gasteiger partial charge is 0.159 e. The molecule has 1 saturated heterocycles. The molecule has 0 saturated carbocycles. The normalized spacial score (nSPS) is 32.2. The van der Waals surface area contributed by atoms with Crippen LogP contribution in [-0.4, -0.2) is 25.7 Å². The molecule has 1 rings (SSSR count). The maximum atomic E-state index is 10.8. The van der Waals surface area contributed by atoms with Gasteiger partial charge in [0.1, 0.15) is 11.5 Å². The van der Waals surface area contributed by atoms with E-state index in [0.717, 1.165) is 0 Å². The zero-order chi connectivity index (χ0) is 6.91. The van der Waals surface area contributed by atoms with Crippen molar-refractivity contribution in [3.63, 3.8) is 0 Å². The average molecular weight is 148 g/mol. The maximum Gasteiger partial charge on any atom is 0.159 e. The molecule has 3 nitrogen and oxygen atoms in total. The Morgan fingerprint density at radius 1 is 1.44 bits per heavy atom. The molecule has 1 aliphatic heterocycles. The van der Waals surface area contributed by atoms with E-state index in [1.165, 1.54) is 0 Å². The highest BCUT2D eigenvalue weighted by Crippen LogP contribution is 2.17. The first kappa shape index (κ1) is 6.74. The topological polar surface area (TPSA) is 51.2 Å². The fraction of sp³-hybridized carbons (Fsp3) is 0.800. The summed E-state index contributed by atoms with van der Waals surface area (Å²) in [6.07, 6.45) is 1.69. The van der Waals surface area contributed by atoms with E-state index in [4.69, 9.17) is 0 Å². The summed E-state index contributed by atoms with van der Waals surface area (Å²) >= 11 is 0. The molecule has 1 atom stereocenters. The highest BCUT2D eigenvalue weighted by Gasteiger charge is 2.30. The van der Waals surface area contributed by atoms with Crippen molar-refractivity contribution < 1.29 is 13.2 Å². The van der Waals surface area contributed by atoms with Crippen molar-refractivity contribution in [3.05, 3.63) is 0 Å². The quantitative estimate of drug-likeness (QED) is 0.482. The van der Waals surface area contributed by atoms with Gasteiger partial charge in [-0.05, 0) is 12.8 Å². The zero-order valence-corrected chi connectivity index (χ0v) is 5.73. The number of aldehydes is 1. The lowest BCUT2D eigenvalue weighted by Gasteiger charge is -1.94. The van der Waals surface area contributed by atoms with E-state index < -0.39 is 15.1 Å². The molecule has 1 fully saturated rings. The van der Waals surface area contributed by atoms with Gasteiger partial charge in [0.05, 0.1) is 5.75 Å². The number of sulfone groups is 1. The Kier molecular flexibility index (Phi) is 1.57. The third-order valence-corrected chi connectivity index (χ3v) is 3.66. The molecule has 0 N–H and O–H groups in total. The van der Waals surface area contributed by atoms with E-state index >= 15 is 0 Å². The van der Waals surface area contributed by atoms with E-state index in [2.05, 4.69) is 0 Å². The molecule has 4 heteroatoms. The summed E-state index contributed by atoms with van der Waals surface area (Å²) in [6, 6.07) is 0. The summed E-state index contributed by atoms with van der Waals surface area (Å²) in [7, 11) is -3.01. The van der Waals surface area contributed by atoms with Crippen molar-refractivity contribution in [3.8, 4) is 0 Å². The lowest BCUT2D eigenvalue weighted by Crippen LogP contribution is -2.16. The Hall–Kier alpha value is -0.380. The van der Waals surface area contributed by atoms with Gasteiger partial charge in [-0.15, -0.1) is 0 Å². The minimum absolute atomic E-state index is 0.191. The minimum atomic E-state index is -3.01. The molecular weight excluding hydrogens is 140 g/mol. The average Bonchev–Trinajstić information content (AvgIpc) is 2.08. The van der Waals surface area contributed by atoms with Crippen LogP contribution in [0, 0.1) is 0 Å². The standard InChI is InChI=1S/C5H8O3S/c6-4-5-2-1-3-9(5,7)8/h4-5H,1-3H2. The largest absolute Gasteiger partial charge is 0.302 e. The van der Waals surface area contributed by atoms with Crippen molar-refractivity contribution in [2.75, 3.05) is 5.75 Å². The van der Waals surface area contributed by atoms with E-state index in [1.54, 1.807) is 0 Å². The van der Waals surface area contributed by atoms with Gasteiger partial charge in [-0.3, -0.25) is 0 Å². The molecule has 1 heterocycles. The Morgan fingerprint density at radius 3 is 2.33 bits per heavy atom. The Bertz CT molecular complexity index is 204. The van der Waals surface area contributed by atoms with Crippen molar-refractivity contribution in [2.24, 2.45) is 0 Å². The molecule has 0 aromatic rings. The van der Waals surface area contributed by atoms with Crippen molar-refractivity contribution in [1.29, 1.82) is 0 Å². The van der Waals surface area contributed by atoms with Crippen LogP contribution in [0.1, 0.15) is 12.8 Å². The number of hydrogen-bond donors (Lipinski definition) is 0. The number of rotatable bonds is 1. The van der Waals surface area contributed by atoms with Crippen LogP contribution in [0.15, 0.2) is 0 Å². The fourth-order valence-corrected chi connectivity index (χ4v) is 2.54. The van der Waals surface area contributed by atoms with Gasteiger partial charge < -0.3 is 4.79 Å². The monoisotopic (exact) mass is 148 g/mol. The first-order valence-electron chi connectivity index (χ1n) is 2.83. The van der Waals surface area contributed by atoms with Crippen LogP contribution in [0.25, 0.3) is 0 Å². The van der Waals surface area contributed by atoms with Crippen LogP contribution >= 0.6 is 0 Å². The van der Waals surface area contributed by atoms with Gasteiger partial charge in [0.15, 0.2) is 9.84 Å². The van der Waals surface area contributed by atoms with Gasteiger partial charge in [0.2, 0.25) is 0 Å². The molecule has 52 valence electrons. The van der Waals surface area contributed by atoms with E-state index in [9.17, 15) is 13.2 Å². The highest BCUT2D eigenvalue weighted by molar-refractivity contribution is 7.92. The van der Waals surface area contributed by atoms with Crippen LogP contribution in [0.3, 0.4) is 0 Å². The first-order chi connectivity index (χ1) is 4.17. The maximum absolute atomic E-state index is 10.8. The molecule has 0 radical (unpaired) electrons. The molecule has 0 aromatic carbocycles.